The van der Waals surface area contributed by atoms with E-state index in [9.17, 15) is 0 Å². The molecule has 0 aromatic carbocycles. The number of rotatable bonds is 6. The Kier molecular flexibility index (Phi) is 4.74. The molecule has 1 aliphatic heterocycles. The van der Waals surface area contributed by atoms with Gasteiger partial charge in [0.05, 0.1) is 11.8 Å². The number of aromatic nitrogens is 8. The number of allylic oxidation sites excluding steroid dienone is 2. The number of nitrogens with zero attached hydrogens (tertiary/aromatic N) is 10. The topological polar surface area (TPSA) is 162 Å². The number of anilines is 2. The maximum atomic E-state index is 5.82. The van der Waals surface area contributed by atoms with Crippen LogP contribution in [0.25, 0.3) is 22.5 Å². The summed E-state index contributed by atoms with van der Waals surface area (Å²) in [6.07, 6.45) is 9.06. The highest BCUT2D eigenvalue weighted by Gasteiger charge is 2.43. The molecule has 0 bridgehead atoms. The van der Waals surface area contributed by atoms with E-state index >= 15 is 0 Å². The summed E-state index contributed by atoms with van der Waals surface area (Å²) in [5.41, 5.74) is 3.47. The minimum absolute atomic E-state index is 0.290. The van der Waals surface area contributed by atoms with E-state index in [1.807, 2.05) is 10.4 Å². The average Bonchev–Trinajstić information content (AvgIpc) is 3.78. The summed E-state index contributed by atoms with van der Waals surface area (Å²) in [5.74, 6) is 0.711. The Bertz CT molecular complexity index is 1500. The third kappa shape index (κ3) is 3.16. The van der Waals surface area contributed by atoms with Crippen molar-refractivity contribution < 1.29 is 18.0 Å². The van der Waals surface area contributed by atoms with Crippen LogP contribution < -0.4 is 10.0 Å². The Morgan fingerprint density at radius 1 is 0.778 bits per heavy atom. The number of hydrogen-bond acceptors (Lipinski definition) is 16. The van der Waals surface area contributed by atoms with Crippen molar-refractivity contribution >= 4 is 56.4 Å². The molecule has 14 nitrogen and oxygen atoms in total. The van der Waals surface area contributed by atoms with Crippen LogP contribution in [-0.2, 0) is 0 Å². The highest BCUT2D eigenvalue weighted by molar-refractivity contribution is 7.13. The van der Waals surface area contributed by atoms with E-state index in [0.29, 0.717) is 56.5 Å². The molecular weight excluding hydrogens is 508 g/mol. The van der Waals surface area contributed by atoms with Crippen molar-refractivity contribution in [2.75, 3.05) is 10.0 Å². The van der Waals surface area contributed by atoms with Gasteiger partial charge in [0.2, 0.25) is 11.0 Å². The van der Waals surface area contributed by atoms with Gasteiger partial charge in [-0.3, -0.25) is 0 Å². The molecule has 6 aromatic rings. The first kappa shape index (κ1) is 20.4. The first-order valence-electron chi connectivity index (χ1n) is 10.1. The quantitative estimate of drug-likeness (QED) is 0.313. The number of oxazole rings is 1. The highest BCUT2D eigenvalue weighted by Crippen LogP contribution is 2.50. The van der Waals surface area contributed by atoms with Gasteiger partial charge in [-0.15, -0.1) is 21.5 Å². The van der Waals surface area contributed by atoms with Gasteiger partial charge in [0.15, 0.2) is 12.1 Å². The molecule has 16 heteroatoms. The van der Waals surface area contributed by atoms with E-state index in [1.165, 1.54) is 47.9 Å². The molecule has 36 heavy (non-hydrogen) atoms. The van der Waals surface area contributed by atoms with Crippen molar-refractivity contribution in [1.82, 2.24) is 40.2 Å². The molecule has 0 atom stereocenters. The predicted molar refractivity (Wildman–Crippen MR) is 124 cm³/mol. The summed E-state index contributed by atoms with van der Waals surface area (Å²) in [7, 11) is 0. The Morgan fingerprint density at radius 2 is 1.69 bits per heavy atom. The van der Waals surface area contributed by atoms with E-state index in [-0.39, 0.29) is 0 Å². The lowest BCUT2D eigenvalue weighted by Crippen LogP contribution is -2.44. The minimum Gasteiger partial charge on any atom is -0.444 e. The monoisotopic (exact) mass is 518 g/mol. The second-order valence-electron chi connectivity index (χ2n) is 7.05. The zero-order chi connectivity index (χ0) is 23.9. The van der Waals surface area contributed by atoms with Gasteiger partial charge in [-0.1, -0.05) is 14.8 Å². The Balaban J connectivity index is 1.68. The van der Waals surface area contributed by atoms with Crippen molar-refractivity contribution in [2.24, 2.45) is 0 Å². The summed E-state index contributed by atoms with van der Waals surface area (Å²) in [4.78, 5) is 9.04. The number of thiazole rings is 1. The van der Waals surface area contributed by atoms with Gasteiger partial charge in [-0.05, 0) is 11.5 Å². The molecule has 0 aliphatic carbocycles. The van der Waals surface area contributed by atoms with E-state index in [2.05, 4.69) is 40.2 Å². The Labute approximate surface area is 207 Å². The summed E-state index contributed by atoms with van der Waals surface area (Å²) < 4.78 is 25.5. The molecule has 0 amide bonds. The Hall–Kier alpha value is -4.96. The van der Waals surface area contributed by atoms with Gasteiger partial charge in [0.1, 0.15) is 47.3 Å². The van der Waals surface area contributed by atoms with Crippen LogP contribution in [0.4, 0.5) is 10.9 Å². The maximum Gasteiger partial charge on any atom is 0.228 e. The maximum absolute atomic E-state index is 5.82. The molecule has 0 fully saturated rings. The molecular formula is C20H10N10O4S2. The second kappa shape index (κ2) is 8.36. The second-order valence-corrected chi connectivity index (χ2v) is 8.53. The molecule has 1 aliphatic rings. The zero-order valence-corrected chi connectivity index (χ0v) is 19.3. The van der Waals surface area contributed by atoms with Crippen molar-refractivity contribution in [3.63, 3.8) is 0 Å². The molecule has 0 unspecified atom stereocenters. The molecule has 0 saturated carbocycles. The van der Waals surface area contributed by atoms with Crippen LogP contribution in [-0.4, -0.2) is 40.2 Å². The van der Waals surface area contributed by atoms with Crippen LogP contribution in [0.15, 0.2) is 78.3 Å². The highest BCUT2D eigenvalue weighted by atomic mass is 32.1. The molecule has 0 spiro atoms. The van der Waals surface area contributed by atoms with E-state index in [4.69, 9.17) is 18.0 Å². The first-order valence-corrected chi connectivity index (χ1v) is 11.9. The lowest BCUT2D eigenvalue weighted by molar-refractivity contribution is 0.393. The van der Waals surface area contributed by atoms with Gasteiger partial charge in [-0.25, -0.2) is 20.0 Å². The first-order chi connectivity index (χ1) is 17.9. The van der Waals surface area contributed by atoms with E-state index < -0.39 is 0 Å². The molecule has 0 saturated heterocycles. The molecule has 176 valence electrons. The van der Waals surface area contributed by atoms with Crippen LogP contribution in [0.1, 0.15) is 23.0 Å². The lowest BCUT2D eigenvalue weighted by Gasteiger charge is -2.41. The molecule has 0 N–H and O–H groups in total. The SMILES string of the molecule is c1coc(C2=C(c3csnn3)N(c3nccs3)N(c3ccon3)C(c3ccon3)=C2c2conn2)n1. The largest absolute Gasteiger partial charge is 0.444 e. The minimum atomic E-state index is 0.290. The third-order valence-corrected chi connectivity index (χ3v) is 6.39. The van der Waals surface area contributed by atoms with Gasteiger partial charge in [-0.2, -0.15) is 0 Å². The van der Waals surface area contributed by atoms with Crippen LogP contribution >= 0.6 is 22.9 Å². The van der Waals surface area contributed by atoms with Gasteiger partial charge in [0, 0.05) is 39.9 Å². The summed E-state index contributed by atoms with van der Waals surface area (Å²) in [6.45, 7) is 0. The standard InChI is InChI=1S/C20H10N10O4S2/c1-5-32-25-11(1)17-15(12-9-34-27-23-12)16(19-21-3-7-31-19)18(13-10-36-28-24-13)30(20-22-4-8-35-20)29(17)14-2-6-33-26-14/h1-10H. The number of hydrogen-bond donors (Lipinski definition) is 0. The molecule has 7 heterocycles. The average molecular weight is 519 g/mol. The summed E-state index contributed by atoms with van der Waals surface area (Å²) in [5, 5.41) is 28.5. The summed E-state index contributed by atoms with van der Waals surface area (Å²) >= 11 is 2.60. The lowest BCUT2D eigenvalue weighted by atomic mass is 9.93. The van der Waals surface area contributed by atoms with Crippen LogP contribution in [0.5, 0.6) is 0 Å². The zero-order valence-electron chi connectivity index (χ0n) is 17.7. The van der Waals surface area contributed by atoms with Gasteiger partial charge >= 0.3 is 0 Å². The normalized spacial score (nSPS) is 14.3. The smallest absolute Gasteiger partial charge is 0.228 e. The predicted octanol–water partition coefficient (Wildman–Crippen LogP) is 3.72. The van der Waals surface area contributed by atoms with Crippen LogP contribution in [0.2, 0.25) is 0 Å². The molecule has 6 aromatic heterocycles. The third-order valence-electron chi connectivity index (χ3n) is 5.13. The van der Waals surface area contributed by atoms with E-state index in [1.54, 1.807) is 34.9 Å². The van der Waals surface area contributed by atoms with Crippen LogP contribution in [0.3, 0.4) is 0 Å². The fourth-order valence-electron chi connectivity index (χ4n) is 3.84. The van der Waals surface area contributed by atoms with E-state index in [0.717, 1.165) is 0 Å². The molecule has 7 rings (SSSR count). The fourth-order valence-corrected chi connectivity index (χ4v) is 4.92. The van der Waals surface area contributed by atoms with Gasteiger partial charge in [0.25, 0.3) is 0 Å². The van der Waals surface area contributed by atoms with Crippen molar-refractivity contribution in [2.45, 2.75) is 0 Å². The van der Waals surface area contributed by atoms with Crippen molar-refractivity contribution in [3.05, 3.63) is 83.3 Å². The van der Waals surface area contributed by atoms with Crippen LogP contribution in [0, 0.1) is 0 Å². The van der Waals surface area contributed by atoms with Crippen molar-refractivity contribution in [3.8, 4) is 0 Å². The van der Waals surface area contributed by atoms with Crippen molar-refractivity contribution in [1.29, 1.82) is 0 Å². The molecule has 0 radical (unpaired) electrons. The van der Waals surface area contributed by atoms with Gasteiger partial charge < -0.3 is 18.0 Å². The Morgan fingerprint density at radius 3 is 2.36 bits per heavy atom. The summed E-state index contributed by atoms with van der Waals surface area (Å²) in [6, 6.07) is 3.41. The fraction of sp³-hybridized carbons (Fsp3) is 0. The number of hydrazine groups is 1.